The molecule has 0 unspecified atom stereocenters. The number of piperazine rings is 2. The number of para-hydroxylation sites is 1. The Morgan fingerprint density at radius 2 is 2.00 bits per heavy atom. The zero-order chi connectivity index (χ0) is 19.8. The van der Waals surface area contributed by atoms with Crippen LogP contribution in [-0.2, 0) is 14.3 Å². The third kappa shape index (κ3) is 3.03. The summed E-state index contributed by atoms with van der Waals surface area (Å²) in [5, 5.41) is 0.933. The molecule has 2 aromatic rings. The highest BCUT2D eigenvalue weighted by Crippen LogP contribution is 2.24. The van der Waals surface area contributed by atoms with Crippen LogP contribution in [0.15, 0.2) is 30.3 Å². The van der Waals surface area contributed by atoms with Crippen LogP contribution in [0.4, 0.5) is 0 Å². The Kier molecular flexibility index (Phi) is 4.80. The SMILES string of the molecule is COCCN1CCN2C(=O)[C@H](C)N(C(=O)c3cc4ccccc4[nH]3)C[C@H]2C1=O. The molecule has 28 heavy (non-hydrogen) atoms. The van der Waals surface area contributed by atoms with Gasteiger partial charge in [0.05, 0.1) is 13.2 Å². The highest BCUT2D eigenvalue weighted by atomic mass is 16.5. The van der Waals surface area contributed by atoms with Gasteiger partial charge < -0.3 is 24.4 Å². The van der Waals surface area contributed by atoms with Gasteiger partial charge in [0.1, 0.15) is 17.8 Å². The second kappa shape index (κ2) is 7.27. The molecule has 3 amide bonds. The molecule has 1 N–H and O–H groups in total. The number of rotatable bonds is 4. The molecule has 2 aliphatic heterocycles. The van der Waals surface area contributed by atoms with Crippen LogP contribution in [-0.4, -0.2) is 89.4 Å². The fraction of sp³-hybridized carbons (Fsp3) is 0.450. The van der Waals surface area contributed by atoms with E-state index >= 15 is 0 Å². The number of hydrogen-bond donors (Lipinski definition) is 1. The summed E-state index contributed by atoms with van der Waals surface area (Å²) in [6, 6.07) is 8.17. The van der Waals surface area contributed by atoms with Crippen molar-refractivity contribution < 1.29 is 19.1 Å². The first-order chi connectivity index (χ1) is 13.5. The predicted molar refractivity (Wildman–Crippen MR) is 103 cm³/mol. The number of ether oxygens (including phenoxy) is 1. The van der Waals surface area contributed by atoms with E-state index in [2.05, 4.69) is 4.98 Å². The Hall–Kier alpha value is -2.87. The Morgan fingerprint density at radius 3 is 2.75 bits per heavy atom. The monoisotopic (exact) mass is 384 g/mol. The molecule has 0 saturated carbocycles. The summed E-state index contributed by atoms with van der Waals surface area (Å²) >= 11 is 0. The maximum atomic E-state index is 13.1. The molecule has 2 saturated heterocycles. The Labute approximate surface area is 163 Å². The van der Waals surface area contributed by atoms with Crippen LogP contribution in [0.2, 0.25) is 0 Å². The molecule has 0 spiro atoms. The Bertz CT molecular complexity index is 891. The van der Waals surface area contributed by atoms with E-state index < -0.39 is 12.1 Å². The zero-order valence-electron chi connectivity index (χ0n) is 16.1. The first-order valence-corrected chi connectivity index (χ1v) is 9.48. The van der Waals surface area contributed by atoms with Gasteiger partial charge in [0.15, 0.2) is 0 Å². The quantitative estimate of drug-likeness (QED) is 0.841. The zero-order valence-corrected chi connectivity index (χ0v) is 16.1. The molecule has 148 valence electrons. The molecule has 8 nitrogen and oxygen atoms in total. The maximum absolute atomic E-state index is 13.1. The van der Waals surface area contributed by atoms with Crippen LogP contribution in [0, 0.1) is 0 Å². The maximum Gasteiger partial charge on any atom is 0.271 e. The van der Waals surface area contributed by atoms with Gasteiger partial charge in [0, 0.05) is 37.6 Å². The van der Waals surface area contributed by atoms with Crippen LogP contribution in [0.1, 0.15) is 17.4 Å². The van der Waals surface area contributed by atoms with Crippen LogP contribution in [0.3, 0.4) is 0 Å². The molecule has 2 atom stereocenters. The van der Waals surface area contributed by atoms with Gasteiger partial charge in [0.25, 0.3) is 5.91 Å². The number of fused-ring (bicyclic) bond motifs is 2. The first kappa shape index (κ1) is 18.5. The predicted octanol–water partition coefficient (Wildman–Crippen LogP) is 0.698. The van der Waals surface area contributed by atoms with Crippen LogP contribution >= 0.6 is 0 Å². The van der Waals surface area contributed by atoms with Crippen molar-refractivity contribution in [3.63, 3.8) is 0 Å². The van der Waals surface area contributed by atoms with Gasteiger partial charge in [0.2, 0.25) is 11.8 Å². The van der Waals surface area contributed by atoms with Gasteiger partial charge in [-0.2, -0.15) is 0 Å². The number of hydrogen-bond acceptors (Lipinski definition) is 4. The average molecular weight is 384 g/mol. The second-order valence-electron chi connectivity index (χ2n) is 7.27. The summed E-state index contributed by atoms with van der Waals surface area (Å²) in [6.45, 7) is 3.83. The summed E-state index contributed by atoms with van der Waals surface area (Å²) in [5.74, 6) is -0.572. The minimum atomic E-state index is -0.636. The molecule has 0 bridgehead atoms. The Morgan fingerprint density at radius 1 is 1.21 bits per heavy atom. The van der Waals surface area contributed by atoms with Gasteiger partial charge in [-0.25, -0.2) is 0 Å². The minimum Gasteiger partial charge on any atom is -0.383 e. The third-order valence-corrected chi connectivity index (χ3v) is 5.65. The van der Waals surface area contributed by atoms with E-state index in [-0.39, 0.29) is 24.3 Å². The van der Waals surface area contributed by atoms with Crippen LogP contribution in [0.25, 0.3) is 10.9 Å². The van der Waals surface area contributed by atoms with E-state index in [0.717, 1.165) is 10.9 Å². The van der Waals surface area contributed by atoms with E-state index in [1.54, 1.807) is 29.9 Å². The van der Waals surface area contributed by atoms with Crippen molar-refractivity contribution in [1.82, 2.24) is 19.7 Å². The van der Waals surface area contributed by atoms with Gasteiger partial charge in [-0.15, -0.1) is 0 Å². The molecule has 8 heteroatoms. The number of aromatic nitrogens is 1. The van der Waals surface area contributed by atoms with E-state index in [9.17, 15) is 14.4 Å². The summed E-state index contributed by atoms with van der Waals surface area (Å²) < 4.78 is 5.07. The van der Waals surface area contributed by atoms with Crippen molar-refractivity contribution >= 4 is 28.6 Å². The third-order valence-electron chi connectivity index (χ3n) is 5.65. The largest absolute Gasteiger partial charge is 0.383 e. The number of carbonyl (C=O) groups is 3. The molecule has 4 rings (SSSR count). The molecule has 1 aromatic carbocycles. The smallest absolute Gasteiger partial charge is 0.271 e. The number of benzene rings is 1. The van der Waals surface area contributed by atoms with E-state index in [4.69, 9.17) is 4.74 Å². The number of H-pyrrole nitrogens is 1. The van der Waals surface area contributed by atoms with E-state index in [1.165, 1.54) is 4.90 Å². The number of carbonyl (C=O) groups excluding carboxylic acids is 3. The summed E-state index contributed by atoms with van der Waals surface area (Å²) in [7, 11) is 1.59. The summed E-state index contributed by atoms with van der Waals surface area (Å²) in [4.78, 5) is 46.9. The molecule has 2 aliphatic rings. The standard InChI is InChI=1S/C20H24N4O4/c1-13-18(25)23-8-7-22(9-10-28-2)20(27)17(23)12-24(13)19(26)16-11-14-5-3-4-6-15(14)21-16/h3-6,11,13,17,21H,7-10,12H2,1-2H3/t13-,17-/m0/s1. The molecule has 1 aromatic heterocycles. The van der Waals surface area contributed by atoms with Crippen molar-refractivity contribution in [3.05, 3.63) is 36.0 Å². The number of nitrogens with zero attached hydrogens (tertiary/aromatic N) is 3. The second-order valence-corrected chi connectivity index (χ2v) is 7.27. The average Bonchev–Trinajstić information content (AvgIpc) is 3.14. The molecule has 3 heterocycles. The normalized spacial score (nSPS) is 22.7. The van der Waals surface area contributed by atoms with E-state index in [1.807, 2.05) is 24.3 Å². The molecule has 0 aliphatic carbocycles. The number of methoxy groups -OCH3 is 1. The lowest BCUT2D eigenvalue weighted by Crippen LogP contribution is -2.70. The number of nitrogens with one attached hydrogen (secondary N) is 1. The molecular weight excluding hydrogens is 360 g/mol. The van der Waals surface area contributed by atoms with Crippen molar-refractivity contribution in [1.29, 1.82) is 0 Å². The molecule has 2 fully saturated rings. The van der Waals surface area contributed by atoms with Crippen molar-refractivity contribution in [2.75, 3.05) is 39.9 Å². The molecule has 0 radical (unpaired) electrons. The lowest BCUT2D eigenvalue weighted by Gasteiger charge is -2.48. The highest BCUT2D eigenvalue weighted by molar-refractivity contribution is 6.02. The topological polar surface area (TPSA) is 85.9 Å². The van der Waals surface area contributed by atoms with Gasteiger partial charge in [-0.3, -0.25) is 14.4 Å². The summed E-state index contributed by atoms with van der Waals surface area (Å²) in [5.41, 5.74) is 1.29. The Balaban J connectivity index is 1.58. The summed E-state index contributed by atoms with van der Waals surface area (Å²) in [6.07, 6.45) is 0. The van der Waals surface area contributed by atoms with Gasteiger partial charge in [-0.1, -0.05) is 18.2 Å². The number of aromatic amines is 1. The number of amides is 3. The van der Waals surface area contributed by atoms with Crippen molar-refractivity contribution in [2.24, 2.45) is 0 Å². The highest BCUT2D eigenvalue weighted by Gasteiger charge is 2.46. The van der Waals surface area contributed by atoms with Crippen LogP contribution < -0.4 is 0 Å². The lowest BCUT2D eigenvalue weighted by molar-refractivity contribution is -0.160. The van der Waals surface area contributed by atoms with E-state index in [0.29, 0.717) is 31.9 Å². The van der Waals surface area contributed by atoms with Crippen molar-refractivity contribution in [3.8, 4) is 0 Å². The lowest BCUT2D eigenvalue weighted by atomic mass is 10.0. The van der Waals surface area contributed by atoms with Gasteiger partial charge in [-0.05, 0) is 19.1 Å². The van der Waals surface area contributed by atoms with Crippen molar-refractivity contribution in [2.45, 2.75) is 19.0 Å². The van der Waals surface area contributed by atoms with Crippen LogP contribution in [0.5, 0.6) is 0 Å². The first-order valence-electron chi connectivity index (χ1n) is 9.48. The fourth-order valence-corrected chi connectivity index (χ4v) is 4.02. The minimum absolute atomic E-state index is 0.127. The molecular formula is C20H24N4O4. The van der Waals surface area contributed by atoms with Gasteiger partial charge >= 0.3 is 0 Å². The fourth-order valence-electron chi connectivity index (χ4n) is 4.02.